The van der Waals surface area contributed by atoms with Gasteiger partial charge in [-0.3, -0.25) is 9.59 Å². The fourth-order valence-corrected chi connectivity index (χ4v) is 3.92. The number of likely N-dealkylation sites (N-methyl/N-ethyl adjacent to an activating group) is 1. The Hall–Kier alpha value is -2.15. The lowest BCUT2D eigenvalue weighted by atomic mass is 10.00. The molecule has 26 heavy (non-hydrogen) atoms. The smallest absolute Gasteiger partial charge is 0.295 e. The number of quaternary nitrogens is 1. The quantitative estimate of drug-likeness (QED) is 0.466. The van der Waals surface area contributed by atoms with E-state index in [-0.39, 0.29) is 5.57 Å². The molecule has 1 unspecified atom stereocenters. The number of hydrogen-bond acceptors (Lipinski definition) is 4. The van der Waals surface area contributed by atoms with Gasteiger partial charge >= 0.3 is 0 Å². The van der Waals surface area contributed by atoms with E-state index >= 15 is 0 Å². The maximum absolute atomic E-state index is 13.0. The molecular weight excluding hydrogens is 372 g/mol. The molecule has 0 aliphatic carbocycles. The van der Waals surface area contributed by atoms with E-state index in [1.54, 1.807) is 24.3 Å². The maximum Gasteiger partial charge on any atom is 0.295 e. The Bertz CT molecular complexity index is 844. The van der Waals surface area contributed by atoms with Crippen molar-refractivity contribution in [3.8, 4) is 0 Å². The van der Waals surface area contributed by atoms with Crippen molar-refractivity contribution in [2.75, 3.05) is 27.2 Å². The molecule has 1 aromatic carbocycles. The summed E-state index contributed by atoms with van der Waals surface area (Å²) in [5, 5.41) is 15.4. The molecule has 0 radical (unpaired) electrons. The van der Waals surface area contributed by atoms with Crippen molar-refractivity contribution in [2.24, 2.45) is 0 Å². The van der Waals surface area contributed by atoms with Gasteiger partial charge in [0.1, 0.15) is 0 Å². The normalized spacial score (nSPS) is 19.5. The van der Waals surface area contributed by atoms with Gasteiger partial charge in [-0.25, -0.2) is 0 Å². The maximum atomic E-state index is 13.0. The van der Waals surface area contributed by atoms with Crippen molar-refractivity contribution in [2.45, 2.75) is 6.04 Å². The Labute approximate surface area is 161 Å². The van der Waals surface area contributed by atoms with Gasteiger partial charge in [0.15, 0.2) is 0 Å². The second-order valence-corrected chi connectivity index (χ2v) is 7.87. The number of ketones is 1. The van der Waals surface area contributed by atoms with Gasteiger partial charge in [0.25, 0.3) is 5.91 Å². The van der Waals surface area contributed by atoms with E-state index in [2.05, 4.69) is 0 Å². The SMILES string of the molecule is C[NH+](C)CCN1C(=O)C(=O)C(=C([O-])c2ccc(Cl)cc2)C1c1cccs1. The van der Waals surface area contributed by atoms with E-state index in [0.29, 0.717) is 23.7 Å². The molecule has 0 spiro atoms. The fraction of sp³-hybridized carbons (Fsp3) is 0.263. The number of Topliss-reactive ketones (excluding diaryl/α,β-unsaturated/α-hetero) is 1. The summed E-state index contributed by atoms with van der Waals surface area (Å²) in [7, 11) is 3.96. The van der Waals surface area contributed by atoms with Gasteiger partial charge in [-0.2, -0.15) is 0 Å². The highest BCUT2D eigenvalue weighted by molar-refractivity contribution is 7.10. The molecule has 0 saturated carbocycles. The van der Waals surface area contributed by atoms with Crippen LogP contribution in [0.1, 0.15) is 16.5 Å². The molecule has 1 aliphatic heterocycles. The van der Waals surface area contributed by atoms with E-state index in [1.165, 1.54) is 16.2 Å². The molecule has 3 rings (SSSR count). The number of amides is 1. The third kappa shape index (κ3) is 3.53. The first-order valence-electron chi connectivity index (χ1n) is 8.25. The molecule has 2 aromatic rings. The molecule has 1 amide bonds. The van der Waals surface area contributed by atoms with Crippen molar-refractivity contribution >= 4 is 40.4 Å². The van der Waals surface area contributed by atoms with E-state index in [4.69, 9.17) is 11.6 Å². The lowest BCUT2D eigenvalue weighted by molar-refractivity contribution is -0.857. The predicted molar refractivity (Wildman–Crippen MR) is 99.8 cm³/mol. The Kier molecular flexibility index (Phi) is 5.46. The summed E-state index contributed by atoms with van der Waals surface area (Å²) < 4.78 is 0. The topological polar surface area (TPSA) is 64.9 Å². The van der Waals surface area contributed by atoms with E-state index in [9.17, 15) is 14.7 Å². The van der Waals surface area contributed by atoms with Crippen LogP contribution in [0.25, 0.3) is 5.76 Å². The van der Waals surface area contributed by atoms with Crippen molar-refractivity contribution in [1.29, 1.82) is 0 Å². The number of carbonyl (C=O) groups excluding carboxylic acids is 2. The predicted octanol–water partition coefficient (Wildman–Crippen LogP) is 0.770. The van der Waals surface area contributed by atoms with Gasteiger partial charge in [0, 0.05) is 15.5 Å². The van der Waals surface area contributed by atoms with Crippen LogP contribution in [-0.4, -0.2) is 43.8 Å². The van der Waals surface area contributed by atoms with Crippen LogP contribution in [0.3, 0.4) is 0 Å². The van der Waals surface area contributed by atoms with E-state index in [0.717, 1.165) is 9.78 Å². The van der Waals surface area contributed by atoms with Crippen LogP contribution in [0, 0.1) is 0 Å². The van der Waals surface area contributed by atoms with Crippen molar-refractivity contribution in [3.05, 3.63) is 62.8 Å². The highest BCUT2D eigenvalue weighted by Crippen LogP contribution is 2.40. The summed E-state index contributed by atoms with van der Waals surface area (Å²) in [6.07, 6.45) is 0. The van der Waals surface area contributed by atoms with Crippen LogP contribution >= 0.6 is 22.9 Å². The summed E-state index contributed by atoms with van der Waals surface area (Å²) in [4.78, 5) is 28.8. The Balaban J connectivity index is 2.09. The summed E-state index contributed by atoms with van der Waals surface area (Å²) in [5.41, 5.74) is 0.376. The van der Waals surface area contributed by atoms with Crippen LogP contribution in [0.4, 0.5) is 0 Å². The average Bonchev–Trinajstić information content (AvgIpc) is 3.21. The number of halogens is 1. The van der Waals surface area contributed by atoms with Crippen molar-refractivity contribution in [3.63, 3.8) is 0 Å². The number of rotatable bonds is 5. The minimum Gasteiger partial charge on any atom is -0.872 e. The number of benzene rings is 1. The number of likely N-dealkylation sites (tertiary alicyclic amines) is 1. The Morgan fingerprint density at radius 2 is 1.92 bits per heavy atom. The van der Waals surface area contributed by atoms with E-state index in [1.807, 2.05) is 31.6 Å². The fourth-order valence-electron chi connectivity index (χ4n) is 2.94. The van der Waals surface area contributed by atoms with E-state index < -0.39 is 23.5 Å². The van der Waals surface area contributed by atoms with Crippen LogP contribution in [0.2, 0.25) is 5.02 Å². The van der Waals surface area contributed by atoms with Crippen molar-refractivity contribution in [1.82, 2.24) is 4.90 Å². The zero-order valence-electron chi connectivity index (χ0n) is 14.5. The molecule has 1 aliphatic rings. The third-order valence-corrected chi connectivity index (χ3v) is 5.48. The molecule has 1 aromatic heterocycles. The van der Waals surface area contributed by atoms with Gasteiger partial charge in [0.2, 0.25) is 5.78 Å². The molecule has 1 fully saturated rings. The summed E-state index contributed by atoms with van der Waals surface area (Å²) >= 11 is 7.32. The zero-order chi connectivity index (χ0) is 18.8. The lowest BCUT2D eigenvalue weighted by Gasteiger charge is -2.26. The minimum atomic E-state index is -0.711. The summed E-state index contributed by atoms with van der Waals surface area (Å²) in [5.74, 6) is -1.74. The number of thiophene rings is 1. The van der Waals surface area contributed by atoms with Gasteiger partial charge < -0.3 is 14.9 Å². The molecule has 5 nitrogen and oxygen atoms in total. The van der Waals surface area contributed by atoms with Crippen LogP contribution in [0.5, 0.6) is 0 Å². The first kappa shape index (κ1) is 18.6. The van der Waals surface area contributed by atoms with Crippen LogP contribution in [-0.2, 0) is 9.59 Å². The first-order valence-corrected chi connectivity index (χ1v) is 9.50. The molecule has 0 bridgehead atoms. The van der Waals surface area contributed by atoms with Gasteiger partial charge in [-0.05, 0) is 29.1 Å². The number of nitrogens with one attached hydrogen (secondary N) is 1. The number of carbonyl (C=O) groups is 2. The molecular formula is C19H19ClN2O3S. The summed E-state index contributed by atoms with van der Waals surface area (Å²) in [6.45, 7) is 1.09. The second kappa shape index (κ2) is 7.61. The third-order valence-electron chi connectivity index (χ3n) is 4.30. The molecule has 1 atom stereocenters. The van der Waals surface area contributed by atoms with Gasteiger partial charge in [-0.15, -0.1) is 11.3 Å². The van der Waals surface area contributed by atoms with Crippen LogP contribution in [0.15, 0.2) is 47.4 Å². The Morgan fingerprint density at radius 1 is 1.23 bits per heavy atom. The van der Waals surface area contributed by atoms with Crippen LogP contribution < -0.4 is 10.0 Å². The largest absolute Gasteiger partial charge is 0.872 e. The minimum absolute atomic E-state index is 0.0218. The highest BCUT2D eigenvalue weighted by Gasteiger charge is 2.44. The molecule has 1 N–H and O–H groups in total. The zero-order valence-corrected chi connectivity index (χ0v) is 16.1. The molecule has 2 heterocycles. The molecule has 136 valence electrons. The standard InChI is InChI=1S/C19H19ClN2O3S/c1-21(2)9-10-22-16(14-4-3-11-26-14)15(18(24)19(22)25)17(23)12-5-7-13(20)8-6-12/h3-8,11,16,23H,9-10H2,1-2H3. The second-order valence-electron chi connectivity index (χ2n) is 6.45. The monoisotopic (exact) mass is 390 g/mol. The lowest BCUT2D eigenvalue weighted by Crippen LogP contribution is -3.06. The van der Waals surface area contributed by atoms with Crippen molar-refractivity contribution < 1.29 is 19.6 Å². The highest BCUT2D eigenvalue weighted by atomic mass is 35.5. The Morgan fingerprint density at radius 3 is 2.50 bits per heavy atom. The summed E-state index contributed by atoms with van der Waals surface area (Å²) in [6, 6.07) is 9.44. The van der Waals surface area contributed by atoms with Gasteiger partial charge in [-0.1, -0.05) is 35.6 Å². The first-order chi connectivity index (χ1) is 12.4. The van der Waals surface area contributed by atoms with Gasteiger partial charge in [0.05, 0.1) is 33.2 Å². The average molecular weight is 391 g/mol. The molecule has 1 saturated heterocycles. The molecule has 7 heteroatoms. The number of hydrogen-bond donors (Lipinski definition) is 1. The number of nitrogens with zero attached hydrogens (tertiary/aromatic N) is 1.